The molecule has 96 valence electrons. The molecule has 0 radical (unpaired) electrons. The number of aryl methyl sites for hydroxylation is 1. The zero-order valence-corrected chi connectivity index (χ0v) is 11.7. The van der Waals surface area contributed by atoms with E-state index in [2.05, 4.69) is 36.6 Å². The van der Waals surface area contributed by atoms with Gasteiger partial charge in [-0.05, 0) is 37.4 Å². The van der Waals surface area contributed by atoms with Crippen LogP contribution in [0.2, 0.25) is 0 Å². The van der Waals surface area contributed by atoms with Crippen LogP contribution in [0.5, 0.6) is 5.75 Å². The van der Waals surface area contributed by atoms with E-state index in [1.54, 1.807) is 18.4 Å². The van der Waals surface area contributed by atoms with Crippen molar-refractivity contribution in [3.63, 3.8) is 0 Å². The Morgan fingerprint density at radius 1 is 1.33 bits per heavy atom. The highest BCUT2D eigenvalue weighted by atomic mass is 32.1. The molecule has 0 fully saturated rings. The number of rotatable bonds is 5. The molecule has 2 N–H and O–H groups in total. The number of methoxy groups -OCH3 is 1. The Kier molecular flexibility index (Phi) is 4.39. The molecular formula is C15H19NOS. The monoisotopic (exact) mass is 261 g/mol. The molecule has 0 aliphatic carbocycles. The SMILES string of the molecule is COc1ccc(C)cc1C(CCN)c1cccs1. The summed E-state index contributed by atoms with van der Waals surface area (Å²) in [5.74, 6) is 1.29. The molecule has 0 saturated heterocycles. The Morgan fingerprint density at radius 3 is 2.78 bits per heavy atom. The van der Waals surface area contributed by atoms with Gasteiger partial charge < -0.3 is 10.5 Å². The zero-order chi connectivity index (χ0) is 13.0. The molecule has 1 aromatic heterocycles. The molecule has 2 aromatic rings. The lowest BCUT2D eigenvalue weighted by Crippen LogP contribution is -2.09. The van der Waals surface area contributed by atoms with Crippen molar-refractivity contribution in [1.29, 1.82) is 0 Å². The summed E-state index contributed by atoms with van der Waals surface area (Å²) in [5.41, 5.74) is 8.26. The van der Waals surface area contributed by atoms with Gasteiger partial charge in [-0.15, -0.1) is 11.3 Å². The molecule has 3 heteroatoms. The summed E-state index contributed by atoms with van der Waals surface area (Å²) in [6.07, 6.45) is 0.945. The predicted octanol–water partition coefficient (Wildman–Crippen LogP) is 3.55. The van der Waals surface area contributed by atoms with Gasteiger partial charge >= 0.3 is 0 Å². The molecule has 0 bridgehead atoms. The molecule has 0 spiro atoms. The summed E-state index contributed by atoms with van der Waals surface area (Å²) in [7, 11) is 1.72. The van der Waals surface area contributed by atoms with Crippen LogP contribution in [0.15, 0.2) is 35.7 Å². The van der Waals surface area contributed by atoms with Gasteiger partial charge in [-0.1, -0.05) is 23.8 Å². The summed E-state index contributed by atoms with van der Waals surface area (Å²) in [6, 6.07) is 10.6. The minimum absolute atomic E-state index is 0.338. The summed E-state index contributed by atoms with van der Waals surface area (Å²) >= 11 is 1.78. The second-order valence-corrected chi connectivity index (χ2v) is 5.37. The first-order valence-corrected chi connectivity index (χ1v) is 7.02. The van der Waals surface area contributed by atoms with Crippen LogP contribution in [0.1, 0.15) is 28.3 Å². The highest BCUT2D eigenvalue weighted by Gasteiger charge is 2.18. The topological polar surface area (TPSA) is 35.2 Å². The molecule has 18 heavy (non-hydrogen) atoms. The van der Waals surface area contributed by atoms with E-state index in [1.807, 2.05) is 6.07 Å². The maximum Gasteiger partial charge on any atom is 0.122 e. The normalized spacial score (nSPS) is 12.4. The molecule has 0 aliphatic rings. The van der Waals surface area contributed by atoms with Crippen molar-refractivity contribution in [2.24, 2.45) is 5.73 Å². The third-order valence-electron chi connectivity index (χ3n) is 3.10. The van der Waals surface area contributed by atoms with Crippen molar-refractivity contribution in [3.05, 3.63) is 51.7 Å². The average Bonchev–Trinajstić information content (AvgIpc) is 2.89. The van der Waals surface area contributed by atoms with Gasteiger partial charge in [0.15, 0.2) is 0 Å². The zero-order valence-electron chi connectivity index (χ0n) is 10.8. The second kappa shape index (κ2) is 6.03. The third-order valence-corrected chi connectivity index (χ3v) is 4.09. The molecule has 1 aromatic carbocycles. The van der Waals surface area contributed by atoms with Crippen molar-refractivity contribution < 1.29 is 4.74 Å². The Hall–Kier alpha value is -1.32. The Bertz CT molecular complexity index is 493. The van der Waals surface area contributed by atoms with Crippen LogP contribution in [-0.2, 0) is 0 Å². The smallest absolute Gasteiger partial charge is 0.122 e. The Morgan fingerprint density at radius 2 is 2.17 bits per heavy atom. The lowest BCUT2D eigenvalue weighted by atomic mass is 9.92. The van der Waals surface area contributed by atoms with E-state index < -0.39 is 0 Å². The van der Waals surface area contributed by atoms with E-state index in [-0.39, 0.29) is 0 Å². The molecule has 0 saturated carbocycles. The predicted molar refractivity (Wildman–Crippen MR) is 77.6 cm³/mol. The average molecular weight is 261 g/mol. The van der Waals surface area contributed by atoms with Crippen LogP contribution in [0, 0.1) is 6.92 Å². The fraction of sp³-hybridized carbons (Fsp3) is 0.333. The van der Waals surface area contributed by atoms with Gasteiger partial charge in [0.1, 0.15) is 5.75 Å². The number of hydrogen-bond donors (Lipinski definition) is 1. The quantitative estimate of drug-likeness (QED) is 0.893. The van der Waals surface area contributed by atoms with Crippen LogP contribution < -0.4 is 10.5 Å². The van der Waals surface area contributed by atoms with E-state index in [1.165, 1.54) is 16.0 Å². The van der Waals surface area contributed by atoms with Crippen molar-refractivity contribution in [3.8, 4) is 5.75 Å². The largest absolute Gasteiger partial charge is 0.496 e. The van der Waals surface area contributed by atoms with Crippen LogP contribution in [0.3, 0.4) is 0 Å². The molecule has 0 amide bonds. The minimum atomic E-state index is 0.338. The minimum Gasteiger partial charge on any atom is -0.496 e. The van der Waals surface area contributed by atoms with Gasteiger partial charge in [0, 0.05) is 16.4 Å². The lowest BCUT2D eigenvalue weighted by molar-refractivity contribution is 0.407. The van der Waals surface area contributed by atoms with E-state index in [0.717, 1.165) is 12.2 Å². The van der Waals surface area contributed by atoms with Gasteiger partial charge in [0.05, 0.1) is 7.11 Å². The maximum absolute atomic E-state index is 5.77. The maximum atomic E-state index is 5.77. The van der Waals surface area contributed by atoms with Gasteiger partial charge in [0.2, 0.25) is 0 Å². The van der Waals surface area contributed by atoms with Crippen LogP contribution >= 0.6 is 11.3 Å². The Balaban J connectivity index is 2.45. The molecular weight excluding hydrogens is 242 g/mol. The van der Waals surface area contributed by atoms with Gasteiger partial charge in [-0.25, -0.2) is 0 Å². The Labute approximate surface area is 112 Å². The first kappa shape index (κ1) is 13.1. The summed E-state index contributed by atoms with van der Waals surface area (Å²) in [4.78, 5) is 1.35. The summed E-state index contributed by atoms with van der Waals surface area (Å²) < 4.78 is 5.49. The van der Waals surface area contributed by atoms with E-state index in [0.29, 0.717) is 12.5 Å². The molecule has 1 unspecified atom stereocenters. The molecule has 1 atom stereocenters. The fourth-order valence-corrected chi connectivity index (χ4v) is 3.11. The number of benzene rings is 1. The highest BCUT2D eigenvalue weighted by Crippen LogP contribution is 2.36. The van der Waals surface area contributed by atoms with Gasteiger partial charge in [0.25, 0.3) is 0 Å². The number of ether oxygens (including phenoxy) is 1. The molecule has 0 aliphatic heterocycles. The fourth-order valence-electron chi connectivity index (χ4n) is 2.23. The summed E-state index contributed by atoms with van der Waals surface area (Å²) in [5, 5.41) is 2.11. The third kappa shape index (κ3) is 2.74. The van der Waals surface area contributed by atoms with Crippen molar-refractivity contribution in [2.75, 3.05) is 13.7 Å². The van der Waals surface area contributed by atoms with Crippen molar-refractivity contribution in [1.82, 2.24) is 0 Å². The lowest BCUT2D eigenvalue weighted by Gasteiger charge is -2.19. The molecule has 2 nitrogen and oxygen atoms in total. The number of hydrogen-bond acceptors (Lipinski definition) is 3. The summed E-state index contributed by atoms with van der Waals surface area (Å²) in [6.45, 7) is 2.79. The van der Waals surface area contributed by atoms with Crippen LogP contribution in [0.25, 0.3) is 0 Å². The number of nitrogens with two attached hydrogens (primary N) is 1. The van der Waals surface area contributed by atoms with Gasteiger partial charge in [-0.2, -0.15) is 0 Å². The number of thiophene rings is 1. The van der Waals surface area contributed by atoms with Crippen LogP contribution in [-0.4, -0.2) is 13.7 Å². The van der Waals surface area contributed by atoms with Gasteiger partial charge in [-0.3, -0.25) is 0 Å². The molecule has 2 rings (SSSR count). The second-order valence-electron chi connectivity index (χ2n) is 4.39. The highest BCUT2D eigenvalue weighted by molar-refractivity contribution is 7.10. The van der Waals surface area contributed by atoms with E-state index in [9.17, 15) is 0 Å². The van der Waals surface area contributed by atoms with E-state index in [4.69, 9.17) is 10.5 Å². The standard InChI is InChI=1S/C15H19NOS/c1-11-5-6-14(17-2)13(10-11)12(7-8-16)15-4-3-9-18-15/h3-6,9-10,12H,7-8,16H2,1-2H3. The van der Waals surface area contributed by atoms with E-state index >= 15 is 0 Å². The molecule has 1 heterocycles. The van der Waals surface area contributed by atoms with Crippen molar-refractivity contribution in [2.45, 2.75) is 19.3 Å². The first-order valence-electron chi connectivity index (χ1n) is 6.14. The van der Waals surface area contributed by atoms with Crippen LogP contribution in [0.4, 0.5) is 0 Å². The van der Waals surface area contributed by atoms with Crippen molar-refractivity contribution >= 4 is 11.3 Å². The first-order chi connectivity index (χ1) is 8.76.